The zero-order valence-electron chi connectivity index (χ0n) is 17.2. The lowest BCUT2D eigenvalue weighted by Crippen LogP contribution is -2.43. The van der Waals surface area contributed by atoms with E-state index in [2.05, 4.69) is 5.32 Å². The molecule has 0 heterocycles. The molecule has 1 N–H and O–H groups in total. The number of amides is 1. The molecule has 0 unspecified atom stereocenters. The van der Waals surface area contributed by atoms with Gasteiger partial charge in [-0.3, -0.25) is 0 Å². The summed E-state index contributed by atoms with van der Waals surface area (Å²) in [5, 5.41) is 2.59. The van der Waals surface area contributed by atoms with Gasteiger partial charge >= 0.3 is 12.1 Å². The van der Waals surface area contributed by atoms with Crippen molar-refractivity contribution in [3.05, 3.63) is 71.8 Å². The first-order valence-corrected chi connectivity index (χ1v) is 9.65. The molecule has 0 radical (unpaired) electrons. The van der Waals surface area contributed by atoms with Crippen molar-refractivity contribution < 1.29 is 23.8 Å². The maximum atomic E-state index is 12.5. The van der Waals surface area contributed by atoms with Crippen LogP contribution < -0.4 is 5.32 Å². The molecule has 156 valence electrons. The van der Waals surface area contributed by atoms with Gasteiger partial charge in [-0.15, -0.1) is 0 Å². The number of alkyl carbamates (subject to hydrolysis) is 1. The van der Waals surface area contributed by atoms with Crippen LogP contribution in [-0.2, 0) is 32.2 Å². The summed E-state index contributed by atoms with van der Waals surface area (Å²) >= 11 is 0. The molecule has 0 aliphatic heterocycles. The third kappa shape index (κ3) is 9.25. The zero-order chi connectivity index (χ0) is 21.1. The number of nitrogens with one attached hydrogen (secondary N) is 1. The minimum atomic E-state index is -0.857. The molecule has 0 fully saturated rings. The van der Waals surface area contributed by atoms with E-state index in [-0.39, 0.29) is 25.2 Å². The predicted octanol–water partition coefficient (Wildman–Crippen LogP) is 4.23. The summed E-state index contributed by atoms with van der Waals surface area (Å²) in [5.74, 6) is -0.525. The Morgan fingerprint density at radius 1 is 0.862 bits per heavy atom. The van der Waals surface area contributed by atoms with Gasteiger partial charge in [0.2, 0.25) is 0 Å². The summed E-state index contributed by atoms with van der Waals surface area (Å²) in [5.41, 5.74) is 1.39. The van der Waals surface area contributed by atoms with Crippen molar-refractivity contribution in [2.24, 2.45) is 0 Å². The normalized spacial score (nSPS) is 12.1. The first kappa shape index (κ1) is 22.4. The molecule has 0 saturated carbocycles. The van der Waals surface area contributed by atoms with Gasteiger partial charge in [0.15, 0.2) is 0 Å². The summed E-state index contributed by atoms with van der Waals surface area (Å²) in [6.07, 6.45) is -0.392. The van der Waals surface area contributed by atoms with E-state index in [1.54, 1.807) is 0 Å². The van der Waals surface area contributed by atoms with Crippen LogP contribution in [0.15, 0.2) is 60.7 Å². The van der Waals surface area contributed by atoms with E-state index in [1.165, 1.54) is 0 Å². The Morgan fingerprint density at radius 2 is 1.38 bits per heavy atom. The van der Waals surface area contributed by atoms with Crippen LogP contribution in [0, 0.1) is 0 Å². The van der Waals surface area contributed by atoms with Gasteiger partial charge in [0.05, 0.1) is 5.60 Å². The summed E-state index contributed by atoms with van der Waals surface area (Å²) in [6, 6.07) is 17.8. The van der Waals surface area contributed by atoms with Crippen LogP contribution in [0.4, 0.5) is 4.79 Å². The Labute approximate surface area is 172 Å². The van der Waals surface area contributed by atoms with Crippen LogP contribution in [0.25, 0.3) is 0 Å². The van der Waals surface area contributed by atoms with Crippen LogP contribution in [0.2, 0.25) is 0 Å². The van der Waals surface area contributed by atoms with E-state index >= 15 is 0 Å². The van der Waals surface area contributed by atoms with E-state index < -0.39 is 18.1 Å². The number of carbonyl (C=O) groups excluding carboxylic acids is 2. The van der Waals surface area contributed by atoms with Crippen LogP contribution in [-0.4, -0.2) is 30.3 Å². The van der Waals surface area contributed by atoms with Gasteiger partial charge in [0.25, 0.3) is 0 Å². The number of rotatable bonds is 9. The molecule has 0 aromatic heterocycles. The molecule has 0 aliphatic carbocycles. The number of esters is 1. The number of hydrogen-bond donors (Lipinski definition) is 1. The van der Waals surface area contributed by atoms with Crippen LogP contribution in [0.1, 0.15) is 38.3 Å². The van der Waals surface area contributed by atoms with Crippen LogP contribution in [0.3, 0.4) is 0 Å². The average Bonchev–Trinajstić information content (AvgIpc) is 2.70. The molecular formula is C23H29NO5. The highest BCUT2D eigenvalue weighted by Crippen LogP contribution is 2.10. The van der Waals surface area contributed by atoms with E-state index in [0.717, 1.165) is 11.1 Å². The highest BCUT2D eigenvalue weighted by molar-refractivity contribution is 5.81. The lowest BCUT2D eigenvalue weighted by molar-refractivity contribution is -0.148. The number of benzene rings is 2. The first-order valence-electron chi connectivity index (χ1n) is 9.65. The largest absolute Gasteiger partial charge is 0.459 e. The summed E-state index contributed by atoms with van der Waals surface area (Å²) in [4.78, 5) is 24.7. The van der Waals surface area contributed by atoms with Gasteiger partial charge in [-0.1, -0.05) is 60.7 Å². The van der Waals surface area contributed by atoms with Crippen molar-refractivity contribution in [2.75, 3.05) is 6.61 Å². The van der Waals surface area contributed by atoms with E-state index in [1.807, 2.05) is 81.4 Å². The quantitative estimate of drug-likeness (QED) is 0.639. The van der Waals surface area contributed by atoms with Gasteiger partial charge < -0.3 is 19.5 Å². The molecule has 29 heavy (non-hydrogen) atoms. The van der Waals surface area contributed by atoms with Crippen molar-refractivity contribution in [3.8, 4) is 0 Å². The first-order chi connectivity index (χ1) is 13.8. The Balaban J connectivity index is 1.89. The monoisotopic (exact) mass is 399 g/mol. The molecule has 0 aliphatic rings. The fourth-order valence-corrected chi connectivity index (χ4v) is 2.47. The van der Waals surface area contributed by atoms with Crippen LogP contribution >= 0.6 is 0 Å². The van der Waals surface area contributed by atoms with Gasteiger partial charge in [-0.2, -0.15) is 0 Å². The fourth-order valence-electron chi connectivity index (χ4n) is 2.47. The minimum Gasteiger partial charge on any atom is -0.459 e. The smallest absolute Gasteiger partial charge is 0.408 e. The topological polar surface area (TPSA) is 73.9 Å². The lowest BCUT2D eigenvalue weighted by atomic mass is 10.2. The molecule has 6 heteroatoms. The van der Waals surface area contributed by atoms with E-state index in [9.17, 15) is 9.59 Å². The predicted molar refractivity (Wildman–Crippen MR) is 110 cm³/mol. The lowest BCUT2D eigenvalue weighted by Gasteiger charge is -2.22. The summed E-state index contributed by atoms with van der Waals surface area (Å²) in [7, 11) is 0. The Hall–Kier alpha value is -2.86. The van der Waals surface area contributed by atoms with E-state index in [0.29, 0.717) is 6.61 Å². The Morgan fingerprint density at radius 3 is 1.90 bits per heavy atom. The SMILES string of the molecule is CC(C)(C)OCC[C@@H](NC(=O)OCc1ccccc1)C(=O)OCc1ccccc1. The molecule has 0 saturated heterocycles. The van der Waals surface area contributed by atoms with Crippen molar-refractivity contribution in [2.45, 2.75) is 52.0 Å². The number of hydrogen-bond acceptors (Lipinski definition) is 5. The maximum Gasteiger partial charge on any atom is 0.408 e. The highest BCUT2D eigenvalue weighted by Gasteiger charge is 2.24. The third-order valence-electron chi connectivity index (χ3n) is 3.95. The standard InChI is InChI=1S/C23H29NO5/c1-23(2,3)29-15-14-20(21(25)27-16-18-10-6-4-7-11-18)24-22(26)28-17-19-12-8-5-9-13-19/h4-13,20H,14-17H2,1-3H3,(H,24,26)/t20-/m1/s1. The Kier molecular flexibility index (Phi) is 8.68. The second-order valence-corrected chi connectivity index (χ2v) is 7.60. The second kappa shape index (κ2) is 11.2. The molecule has 2 aromatic rings. The maximum absolute atomic E-state index is 12.5. The van der Waals surface area contributed by atoms with Crippen molar-refractivity contribution >= 4 is 12.1 Å². The highest BCUT2D eigenvalue weighted by atomic mass is 16.6. The van der Waals surface area contributed by atoms with Crippen molar-refractivity contribution in [1.82, 2.24) is 5.32 Å². The van der Waals surface area contributed by atoms with Gasteiger partial charge in [-0.25, -0.2) is 9.59 Å². The van der Waals surface area contributed by atoms with Gasteiger partial charge in [-0.05, 0) is 31.9 Å². The second-order valence-electron chi connectivity index (χ2n) is 7.60. The molecule has 2 rings (SSSR count). The number of ether oxygens (including phenoxy) is 3. The Bertz CT molecular complexity index is 756. The minimum absolute atomic E-state index is 0.122. The molecule has 0 bridgehead atoms. The van der Waals surface area contributed by atoms with E-state index in [4.69, 9.17) is 14.2 Å². The number of carbonyl (C=O) groups is 2. The van der Waals surface area contributed by atoms with Gasteiger partial charge in [0.1, 0.15) is 19.3 Å². The molecular weight excluding hydrogens is 370 g/mol. The molecule has 1 amide bonds. The third-order valence-corrected chi connectivity index (χ3v) is 3.95. The zero-order valence-corrected chi connectivity index (χ0v) is 17.2. The molecule has 6 nitrogen and oxygen atoms in total. The van der Waals surface area contributed by atoms with Gasteiger partial charge in [0, 0.05) is 13.0 Å². The summed E-state index contributed by atoms with van der Waals surface area (Å²) in [6.45, 7) is 6.34. The summed E-state index contributed by atoms with van der Waals surface area (Å²) < 4.78 is 16.3. The molecule has 1 atom stereocenters. The molecule has 2 aromatic carbocycles. The average molecular weight is 399 g/mol. The fraction of sp³-hybridized carbons (Fsp3) is 0.391. The van der Waals surface area contributed by atoms with Crippen molar-refractivity contribution in [1.29, 1.82) is 0 Å². The molecule has 0 spiro atoms. The van der Waals surface area contributed by atoms with Crippen molar-refractivity contribution in [3.63, 3.8) is 0 Å². The van der Waals surface area contributed by atoms with Crippen LogP contribution in [0.5, 0.6) is 0 Å².